The van der Waals surface area contributed by atoms with Gasteiger partial charge in [-0.25, -0.2) is 13.1 Å². The summed E-state index contributed by atoms with van der Waals surface area (Å²) in [6, 6.07) is 14.2. The van der Waals surface area contributed by atoms with Crippen LogP contribution in [-0.4, -0.2) is 19.5 Å². The Bertz CT molecular complexity index is 1070. The summed E-state index contributed by atoms with van der Waals surface area (Å²) in [6.45, 7) is 5.41. The number of rotatable bonds is 5. The van der Waals surface area contributed by atoms with Crippen LogP contribution in [0.1, 0.15) is 24.7 Å². The van der Waals surface area contributed by atoms with Crippen molar-refractivity contribution in [2.45, 2.75) is 32.1 Å². The molecule has 0 aliphatic rings. The zero-order valence-corrected chi connectivity index (χ0v) is 16.1. The van der Waals surface area contributed by atoms with E-state index in [-0.39, 0.29) is 11.3 Å². The molecule has 0 saturated heterocycles. The lowest BCUT2D eigenvalue weighted by Crippen LogP contribution is -2.29. The largest absolute Gasteiger partial charge is 0.360 e. The summed E-state index contributed by atoms with van der Waals surface area (Å²) in [6.07, 6.45) is 0.0944. The van der Waals surface area contributed by atoms with Gasteiger partial charge in [-0.3, -0.25) is 4.79 Å². The topological polar surface area (TPSA) is 89.3 Å². The van der Waals surface area contributed by atoms with Crippen LogP contribution in [0.3, 0.4) is 0 Å². The van der Waals surface area contributed by atoms with E-state index in [1.54, 1.807) is 19.1 Å². The van der Waals surface area contributed by atoms with Gasteiger partial charge < -0.3 is 4.52 Å². The molecule has 0 atom stereocenters. The molecule has 3 rings (SSSR count). The number of aryl methyl sites for hydroxylation is 2. The molecule has 0 aliphatic heterocycles. The van der Waals surface area contributed by atoms with Gasteiger partial charge in [-0.05, 0) is 31.5 Å². The number of carbonyl (C=O) groups is 1. The van der Waals surface area contributed by atoms with Crippen molar-refractivity contribution in [1.29, 1.82) is 0 Å². The summed E-state index contributed by atoms with van der Waals surface area (Å²) in [5.74, 6) is 0.0936. The first-order valence-electron chi connectivity index (χ1n) is 8.51. The van der Waals surface area contributed by atoms with E-state index in [1.165, 1.54) is 12.1 Å². The van der Waals surface area contributed by atoms with E-state index in [9.17, 15) is 13.2 Å². The first kappa shape index (κ1) is 18.8. The summed E-state index contributed by atoms with van der Waals surface area (Å²) in [5.41, 5.74) is 4.34. The highest BCUT2D eigenvalue weighted by Gasteiger charge is 2.19. The molecule has 1 heterocycles. The Hall–Kier alpha value is -2.93. The van der Waals surface area contributed by atoms with Crippen molar-refractivity contribution >= 4 is 15.9 Å². The number of amides is 1. The fraction of sp³-hybridized carbons (Fsp3) is 0.200. The second kappa shape index (κ2) is 7.36. The van der Waals surface area contributed by atoms with Gasteiger partial charge in [0.2, 0.25) is 5.91 Å². The third-order valence-electron chi connectivity index (χ3n) is 4.21. The number of nitrogens with zero attached hydrogens (tertiary/aromatic N) is 1. The fourth-order valence-electron chi connectivity index (χ4n) is 2.70. The third-order valence-corrected chi connectivity index (χ3v) is 5.60. The van der Waals surface area contributed by atoms with Crippen molar-refractivity contribution in [3.8, 4) is 22.4 Å². The minimum absolute atomic E-state index is 0.0269. The van der Waals surface area contributed by atoms with Crippen molar-refractivity contribution in [3.63, 3.8) is 0 Å². The molecule has 6 nitrogen and oxygen atoms in total. The zero-order valence-electron chi connectivity index (χ0n) is 15.3. The lowest BCUT2D eigenvalue weighted by Gasteiger charge is -2.08. The number of sulfonamides is 1. The lowest BCUT2D eigenvalue weighted by atomic mass is 9.99. The Morgan fingerprint density at radius 1 is 1.00 bits per heavy atom. The average molecular weight is 384 g/mol. The van der Waals surface area contributed by atoms with Crippen molar-refractivity contribution in [2.75, 3.05) is 0 Å². The zero-order chi connectivity index (χ0) is 19.6. The maximum absolute atomic E-state index is 12.2. The van der Waals surface area contributed by atoms with Crippen LogP contribution in [0.2, 0.25) is 0 Å². The van der Waals surface area contributed by atoms with Crippen LogP contribution >= 0.6 is 0 Å². The monoisotopic (exact) mass is 384 g/mol. The summed E-state index contributed by atoms with van der Waals surface area (Å²) >= 11 is 0. The molecule has 7 heteroatoms. The Balaban J connectivity index is 1.98. The molecule has 0 spiro atoms. The van der Waals surface area contributed by atoms with E-state index < -0.39 is 15.9 Å². The van der Waals surface area contributed by atoms with Crippen molar-refractivity contribution < 1.29 is 17.7 Å². The highest BCUT2D eigenvalue weighted by atomic mass is 32.2. The Labute approximate surface area is 158 Å². The van der Waals surface area contributed by atoms with Gasteiger partial charge in [-0.2, -0.15) is 0 Å². The standard InChI is InChI=1S/C20H20N2O4S/c1-4-18(23)22-27(24,25)17-11-9-15(10-12-17)19-14(3)26-21-20(19)16-7-5-13(2)6-8-16/h5-12H,4H2,1-3H3,(H,22,23). The number of benzene rings is 2. The minimum Gasteiger partial charge on any atom is -0.360 e. The van der Waals surface area contributed by atoms with E-state index >= 15 is 0 Å². The quantitative estimate of drug-likeness (QED) is 0.722. The molecular weight excluding hydrogens is 364 g/mol. The highest BCUT2D eigenvalue weighted by Crippen LogP contribution is 2.34. The molecule has 0 saturated carbocycles. The van der Waals surface area contributed by atoms with Gasteiger partial charge in [-0.15, -0.1) is 0 Å². The smallest absolute Gasteiger partial charge is 0.264 e. The molecule has 1 N–H and O–H groups in total. The van der Waals surface area contributed by atoms with Crippen LogP contribution in [0.15, 0.2) is 57.9 Å². The van der Waals surface area contributed by atoms with Gasteiger partial charge in [0.25, 0.3) is 10.0 Å². The van der Waals surface area contributed by atoms with Crippen molar-refractivity contribution in [1.82, 2.24) is 9.88 Å². The van der Waals surface area contributed by atoms with Gasteiger partial charge in [0.1, 0.15) is 11.5 Å². The molecule has 140 valence electrons. The predicted octanol–water partition coefficient (Wildman–Crippen LogP) is 3.84. The SMILES string of the molecule is CCC(=O)NS(=O)(=O)c1ccc(-c2c(-c3ccc(C)cc3)noc2C)cc1. The normalized spacial score (nSPS) is 11.4. The van der Waals surface area contributed by atoms with Gasteiger partial charge in [0, 0.05) is 12.0 Å². The molecule has 0 fully saturated rings. The highest BCUT2D eigenvalue weighted by molar-refractivity contribution is 7.90. The molecule has 3 aromatic rings. The van der Waals surface area contributed by atoms with Crippen LogP contribution in [0.5, 0.6) is 0 Å². The lowest BCUT2D eigenvalue weighted by molar-refractivity contribution is -0.119. The number of hydrogen-bond acceptors (Lipinski definition) is 5. The second-order valence-electron chi connectivity index (χ2n) is 6.23. The number of aromatic nitrogens is 1. The predicted molar refractivity (Wildman–Crippen MR) is 102 cm³/mol. The average Bonchev–Trinajstić information content (AvgIpc) is 3.03. The van der Waals surface area contributed by atoms with E-state index in [0.29, 0.717) is 11.5 Å². The molecule has 0 bridgehead atoms. The Morgan fingerprint density at radius 2 is 1.59 bits per heavy atom. The molecule has 1 amide bonds. The summed E-state index contributed by atoms with van der Waals surface area (Å²) in [7, 11) is -3.87. The van der Waals surface area contributed by atoms with E-state index in [0.717, 1.165) is 22.3 Å². The molecule has 0 aliphatic carbocycles. The Kier molecular flexibility index (Phi) is 5.14. The first-order valence-corrected chi connectivity index (χ1v) is 9.99. The van der Waals surface area contributed by atoms with E-state index in [4.69, 9.17) is 4.52 Å². The molecular formula is C20H20N2O4S. The number of hydrogen-bond donors (Lipinski definition) is 1. The van der Waals surface area contributed by atoms with Crippen LogP contribution in [0, 0.1) is 13.8 Å². The second-order valence-corrected chi connectivity index (χ2v) is 7.92. The molecule has 1 aromatic heterocycles. The maximum atomic E-state index is 12.2. The van der Waals surface area contributed by atoms with E-state index in [2.05, 4.69) is 5.16 Å². The summed E-state index contributed by atoms with van der Waals surface area (Å²) in [5, 5.41) is 4.16. The summed E-state index contributed by atoms with van der Waals surface area (Å²) in [4.78, 5) is 11.4. The molecule has 0 radical (unpaired) electrons. The van der Waals surface area contributed by atoms with Crippen LogP contribution in [-0.2, 0) is 14.8 Å². The Morgan fingerprint density at radius 3 is 2.19 bits per heavy atom. The first-order chi connectivity index (χ1) is 12.8. The maximum Gasteiger partial charge on any atom is 0.264 e. The molecule has 0 unspecified atom stereocenters. The van der Waals surface area contributed by atoms with Gasteiger partial charge in [-0.1, -0.05) is 54.0 Å². The third kappa shape index (κ3) is 3.93. The van der Waals surface area contributed by atoms with E-state index in [1.807, 2.05) is 42.8 Å². The fourth-order valence-corrected chi connectivity index (χ4v) is 3.76. The van der Waals surface area contributed by atoms with Gasteiger partial charge in [0.05, 0.1) is 10.5 Å². The minimum atomic E-state index is -3.87. The van der Waals surface area contributed by atoms with Crippen LogP contribution in [0.25, 0.3) is 22.4 Å². The van der Waals surface area contributed by atoms with Gasteiger partial charge in [0.15, 0.2) is 0 Å². The van der Waals surface area contributed by atoms with Crippen molar-refractivity contribution in [3.05, 3.63) is 59.9 Å². The summed E-state index contributed by atoms with van der Waals surface area (Å²) < 4.78 is 31.9. The number of carbonyl (C=O) groups excluding carboxylic acids is 1. The van der Waals surface area contributed by atoms with Crippen molar-refractivity contribution in [2.24, 2.45) is 0 Å². The number of nitrogens with one attached hydrogen (secondary N) is 1. The molecule has 27 heavy (non-hydrogen) atoms. The molecule has 2 aromatic carbocycles. The van der Waals surface area contributed by atoms with Gasteiger partial charge >= 0.3 is 0 Å². The van der Waals surface area contributed by atoms with Crippen LogP contribution < -0.4 is 4.72 Å². The van der Waals surface area contributed by atoms with Crippen LogP contribution in [0.4, 0.5) is 0 Å².